The van der Waals surface area contributed by atoms with E-state index in [1.807, 2.05) is 26.0 Å². The van der Waals surface area contributed by atoms with E-state index in [0.29, 0.717) is 12.2 Å². The van der Waals surface area contributed by atoms with Crippen LogP contribution < -0.4 is 0 Å². The number of ketones is 1. The van der Waals surface area contributed by atoms with Crippen molar-refractivity contribution in [3.8, 4) is 0 Å². The summed E-state index contributed by atoms with van der Waals surface area (Å²) in [5, 5.41) is 0.972. The second-order valence-corrected chi connectivity index (χ2v) is 15.3. The maximum Gasteiger partial charge on any atom is 0.192 e. The first-order valence-electron chi connectivity index (χ1n) is 9.75. The highest BCUT2D eigenvalue weighted by atomic mass is 35.5. The van der Waals surface area contributed by atoms with E-state index >= 15 is 0 Å². The summed E-state index contributed by atoms with van der Waals surface area (Å²) < 4.78 is 6.56. The van der Waals surface area contributed by atoms with Crippen LogP contribution in [-0.4, -0.2) is 20.2 Å². The lowest BCUT2D eigenvalue weighted by molar-refractivity contribution is -0.124. The molecule has 0 aliphatic rings. The lowest BCUT2D eigenvalue weighted by Gasteiger charge is -2.39. The van der Waals surface area contributed by atoms with Gasteiger partial charge in [-0.1, -0.05) is 78.3 Å². The first-order chi connectivity index (χ1) is 11.6. The van der Waals surface area contributed by atoms with Crippen LogP contribution in [0.1, 0.15) is 74.7 Å². The van der Waals surface area contributed by atoms with Gasteiger partial charge < -0.3 is 4.43 Å². The monoisotopic (exact) mass is 400 g/mol. The molecule has 0 aromatic rings. The van der Waals surface area contributed by atoms with Gasteiger partial charge in [-0.25, -0.2) is 0 Å². The minimum atomic E-state index is -1.84. The first-order valence-corrected chi connectivity index (χ1v) is 13.0. The quantitative estimate of drug-likeness (QED) is 0.296. The minimum Gasteiger partial charge on any atom is -0.413 e. The van der Waals surface area contributed by atoms with Gasteiger partial charge >= 0.3 is 0 Å². The van der Waals surface area contributed by atoms with Gasteiger partial charge in [0.15, 0.2) is 8.32 Å². The van der Waals surface area contributed by atoms with Crippen LogP contribution in [0.5, 0.6) is 0 Å². The molecule has 0 saturated heterocycles. The maximum absolute atomic E-state index is 12.3. The number of carbonyl (C=O) groups is 1. The van der Waals surface area contributed by atoms with Crippen LogP contribution in [0.3, 0.4) is 0 Å². The Labute approximate surface area is 168 Å². The fourth-order valence-corrected chi connectivity index (χ4v) is 3.66. The molecule has 0 rings (SSSR count). The molecule has 2 atom stereocenters. The molecule has 0 saturated carbocycles. The van der Waals surface area contributed by atoms with Crippen LogP contribution in [-0.2, 0) is 9.22 Å². The van der Waals surface area contributed by atoms with Crippen molar-refractivity contribution >= 4 is 25.7 Å². The number of rotatable bonds is 9. The van der Waals surface area contributed by atoms with Gasteiger partial charge in [0, 0.05) is 17.4 Å². The van der Waals surface area contributed by atoms with Gasteiger partial charge in [-0.05, 0) is 43.3 Å². The number of hydrogen-bond donors (Lipinski definition) is 0. The molecule has 0 bridgehead atoms. The molecular weight excluding hydrogens is 360 g/mol. The van der Waals surface area contributed by atoms with Gasteiger partial charge in [0.2, 0.25) is 0 Å². The van der Waals surface area contributed by atoms with Crippen LogP contribution >= 0.6 is 11.6 Å². The molecule has 0 amide bonds. The fraction of sp³-hybridized carbons (Fsp3) is 0.773. The molecule has 0 aromatic heterocycles. The van der Waals surface area contributed by atoms with Crippen molar-refractivity contribution in [2.45, 2.75) is 98.9 Å². The van der Waals surface area contributed by atoms with Crippen LogP contribution in [0, 0.1) is 11.3 Å². The Morgan fingerprint density at radius 1 is 1.08 bits per heavy atom. The van der Waals surface area contributed by atoms with Gasteiger partial charge in [0.1, 0.15) is 5.78 Å². The largest absolute Gasteiger partial charge is 0.413 e. The molecule has 152 valence electrons. The van der Waals surface area contributed by atoms with E-state index in [1.165, 1.54) is 0 Å². The maximum atomic E-state index is 12.3. The van der Waals surface area contributed by atoms with E-state index in [0.717, 1.165) is 17.9 Å². The summed E-state index contributed by atoms with van der Waals surface area (Å²) in [6, 6.07) is 0. The Morgan fingerprint density at radius 2 is 1.62 bits per heavy atom. The van der Waals surface area contributed by atoms with Gasteiger partial charge in [0.05, 0.1) is 6.10 Å². The molecule has 26 heavy (non-hydrogen) atoms. The number of allylic oxidation sites excluding steroid dienone is 2. The van der Waals surface area contributed by atoms with E-state index in [9.17, 15) is 4.79 Å². The zero-order chi connectivity index (χ0) is 20.8. The third-order valence-electron chi connectivity index (χ3n) is 5.60. The molecule has 0 unspecified atom stereocenters. The van der Waals surface area contributed by atoms with Gasteiger partial charge in [-0.15, -0.1) is 0 Å². The van der Waals surface area contributed by atoms with E-state index in [2.05, 4.69) is 60.7 Å². The number of carbonyl (C=O) groups excluding carboxylic acids is 1. The summed E-state index contributed by atoms with van der Waals surface area (Å²) in [5.41, 5.74) is 0.0154. The fourth-order valence-electron chi connectivity index (χ4n) is 2.19. The van der Waals surface area contributed by atoms with E-state index in [-0.39, 0.29) is 22.5 Å². The minimum absolute atomic E-state index is 0.0154. The van der Waals surface area contributed by atoms with Gasteiger partial charge in [-0.2, -0.15) is 0 Å². The van der Waals surface area contributed by atoms with Crippen molar-refractivity contribution in [3.63, 3.8) is 0 Å². The zero-order valence-electron chi connectivity index (χ0n) is 18.7. The molecule has 0 aliphatic carbocycles. The molecule has 0 N–H and O–H groups in total. The molecule has 0 radical (unpaired) electrons. The Hall–Kier alpha value is -0.383. The second-order valence-electron chi connectivity index (χ2n) is 9.99. The van der Waals surface area contributed by atoms with Crippen molar-refractivity contribution in [1.29, 1.82) is 0 Å². The van der Waals surface area contributed by atoms with Crippen LogP contribution in [0.4, 0.5) is 0 Å². The van der Waals surface area contributed by atoms with E-state index < -0.39 is 8.32 Å². The molecule has 2 nitrogen and oxygen atoms in total. The predicted molar refractivity (Wildman–Crippen MR) is 118 cm³/mol. The number of halogens is 1. The average molecular weight is 401 g/mol. The van der Waals surface area contributed by atoms with Gasteiger partial charge in [-0.3, -0.25) is 4.79 Å². The van der Waals surface area contributed by atoms with E-state index in [4.69, 9.17) is 16.0 Å². The molecule has 0 spiro atoms. The Bertz CT molecular complexity index is 503. The predicted octanol–water partition coefficient (Wildman–Crippen LogP) is 7.50. The molecule has 0 heterocycles. The highest BCUT2D eigenvalue weighted by Gasteiger charge is 2.38. The average Bonchev–Trinajstić information content (AvgIpc) is 2.45. The standard InChI is InChI=1S/C22H41ClO2Si/c1-17(23)15-16-19(25-26(9,10)22(6,7)8)13-11-12-14-20(24)18(2)21(3,4)5/h11-12,15,18-19H,13-14,16H2,1-10H3/b12-11-,17-15+/t18-,19-/m1/s1. The lowest BCUT2D eigenvalue weighted by Crippen LogP contribution is -2.43. The second kappa shape index (κ2) is 10.2. The van der Waals surface area contributed by atoms with Crippen molar-refractivity contribution in [2.75, 3.05) is 0 Å². The molecule has 0 aromatic carbocycles. The Balaban J connectivity index is 4.89. The Morgan fingerprint density at radius 3 is 2.04 bits per heavy atom. The number of hydrogen-bond acceptors (Lipinski definition) is 2. The van der Waals surface area contributed by atoms with Crippen molar-refractivity contribution < 1.29 is 9.22 Å². The summed E-state index contributed by atoms with van der Waals surface area (Å²) in [5.74, 6) is 0.361. The third-order valence-corrected chi connectivity index (χ3v) is 10.3. The van der Waals surface area contributed by atoms with Crippen LogP contribution in [0.15, 0.2) is 23.3 Å². The summed E-state index contributed by atoms with van der Waals surface area (Å²) in [4.78, 5) is 12.3. The summed E-state index contributed by atoms with van der Waals surface area (Å²) in [6.45, 7) is 21.6. The van der Waals surface area contributed by atoms with Gasteiger partial charge in [0.25, 0.3) is 0 Å². The van der Waals surface area contributed by atoms with Crippen LogP contribution in [0.2, 0.25) is 18.1 Å². The third kappa shape index (κ3) is 9.52. The van der Waals surface area contributed by atoms with Crippen molar-refractivity contribution in [1.82, 2.24) is 0 Å². The Kier molecular flexibility index (Phi) is 10.1. The SMILES string of the molecule is C/C(Cl)=C\C[C@@H](C/C=C\CC(=O)[C@@H](C)C(C)(C)C)O[Si](C)(C)C(C)(C)C. The smallest absolute Gasteiger partial charge is 0.192 e. The van der Waals surface area contributed by atoms with Crippen molar-refractivity contribution in [2.24, 2.45) is 11.3 Å². The highest BCUT2D eigenvalue weighted by Crippen LogP contribution is 2.38. The zero-order valence-corrected chi connectivity index (χ0v) is 20.5. The molecule has 0 fully saturated rings. The summed E-state index contributed by atoms with van der Waals surface area (Å²) in [7, 11) is -1.84. The highest BCUT2D eigenvalue weighted by molar-refractivity contribution is 6.74. The van der Waals surface area contributed by atoms with Crippen LogP contribution in [0.25, 0.3) is 0 Å². The molecule has 4 heteroatoms. The number of Topliss-reactive ketones (excluding diaryl/α,β-unsaturated/α-hetero) is 1. The topological polar surface area (TPSA) is 26.3 Å². The molecular formula is C22H41ClO2Si. The molecule has 0 aliphatic heterocycles. The van der Waals surface area contributed by atoms with E-state index in [1.54, 1.807) is 0 Å². The lowest BCUT2D eigenvalue weighted by atomic mass is 9.79. The summed E-state index contributed by atoms with van der Waals surface area (Å²) in [6.07, 6.45) is 8.35. The summed E-state index contributed by atoms with van der Waals surface area (Å²) >= 11 is 6.02. The first kappa shape index (κ1) is 25.6. The normalized spacial score (nSPS) is 16.8. The van der Waals surface area contributed by atoms with Crippen molar-refractivity contribution in [3.05, 3.63) is 23.3 Å².